The summed E-state index contributed by atoms with van der Waals surface area (Å²) in [4.78, 5) is 12.1. The summed E-state index contributed by atoms with van der Waals surface area (Å²) in [5.74, 6) is 0.503. The Hall–Kier alpha value is -1.56. The molecule has 2 aromatic heterocycles. The molecule has 17 heavy (non-hydrogen) atoms. The van der Waals surface area contributed by atoms with Crippen molar-refractivity contribution in [2.24, 2.45) is 0 Å². The molecule has 0 amide bonds. The minimum atomic E-state index is -0.398. The average Bonchev–Trinajstić information content (AvgIpc) is 2.28. The number of hydrogen-bond donors (Lipinski definition) is 1. The minimum absolute atomic E-state index is 0.212. The van der Waals surface area contributed by atoms with Crippen LogP contribution in [0.3, 0.4) is 0 Å². The largest absolute Gasteiger partial charge is 0.362 e. The van der Waals surface area contributed by atoms with E-state index in [1.165, 1.54) is 12.3 Å². The van der Waals surface area contributed by atoms with Gasteiger partial charge >= 0.3 is 0 Å². The number of rotatable bonds is 3. The molecular weight excluding hydrogens is 287 g/mol. The number of nitrogens with zero attached hydrogens (tertiary/aromatic N) is 3. The fourth-order valence-corrected chi connectivity index (χ4v) is 1.63. The van der Waals surface area contributed by atoms with Crippen molar-refractivity contribution >= 4 is 21.7 Å². The van der Waals surface area contributed by atoms with E-state index in [0.29, 0.717) is 16.8 Å². The van der Waals surface area contributed by atoms with Gasteiger partial charge in [0.1, 0.15) is 5.82 Å². The number of hydrogen-bond acceptors (Lipinski definition) is 4. The second-order valence-corrected chi connectivity index (χ2v) is 4.35. The van der Waals surface area contributed by atoms with Crippen LogP contribution in [0.25, 0.3) is 0 Å². The number of anilines is 1. The molecule has 0 unspecified atom stereocenters. The maximum Gasteiger partial charge on any atom is 0.166 e. The van der Waals surface area contributed by atoms with Gasteiger partial charge in [0, 0.05) is 16.9 Å². The molecule has 0 spiro atoms. The zero-order chi connectivity index (χ0) is 12.3. The van der Waals surface area contributed by atoms with Gasteiger partial charge in [-0.2, -0.15) is 0 Å². The first kappa shape index (κ1) is 11.9. The van der Waals surface area contributed by atoms with Gasteiger partial charge in [0.15, 0.2) is 11.6 Å². The van der Waals surface area contributed by atoms with Gasteiger partial charge in [0.25, 0.3) is 0 Å². The summed E-state index contributed by atoms with van der Waals surface area (Å²) < 4.78 is 14.1. The predicted molar refractivity (Wildman–Crippen MR) is 66.0 cm³/mol. The molecule has 0 fully saturated rings. The molecule has 0 radical (unpaired) electrons. The predicted octanol–water partition coefficient (Wildman–Crippen LogP) is 2.69. The van der Waals surface area contributed by atoms with Crippen molar-refractivity contribution < 1.29 is 4.39 Å². The SMILES string of the molecule is Cc1nccc(CNc2ncc(Br)cc2F)n1. The van der Waals surface area contributed by atoms with Crippen molar-refractivity contribution in [1.29, 1.82) is 0 Å². The number of aromatic nitrogens is 3. The standard InChI is InChI=1S/C11H10BrFN4/c1-7-14-3-2-9(17-7)6-16-11-10(13)4-8(12)5-15-11/h2-5H,6H2,1H3,(H,15,16). The molecule has 0 saturated heterocycles. The highest BCUT2D eigenvalue weighted by Crippen LogP contribution is 2.16. The topological polar surface area (TPSA) is 50.7 Å². The number of pyridine rings is 1. The molecule has 4 nitrogen and oxygen atoms in total. The maximum absolute atomic E-state index is 13.4. The number of aryl methyl sites for hydroxylation is 1. The van der Waals surface area contributed by atoms with Crippen LogP contribution < -0.4 is 5.32 Å². The number of halogens is 2. The lowest BCUT2D eigenvalue weighted by Crippen LogP contribution is -2.06. The molecule has 1 N–H and O–H groups in total. The van der Waals surface area contributed by atoms with Crippen LogP contribution in [0, 0.1) is 12.7 Å². The van der Waals surface area contributed by atoms with E-state index < -0.39 is 5.82 Å². The lowest BCUT2D eigenvalue weighted by molar-refractivity contribution is 0.623. The van der Waals surface area contributed by atoms with Crippen LogP contribution in [0.1, 0.15) is 11.5 Å². The smallest absolute Gasteiger partial charge is 0.166 e. The Morgan fingerprint density at radius 3 is 2.94 bits per heavy atom. The number of nitrogens with one attached hydrogen (secondary N) is 1. The van der Waals surface area contributed by atoms with Crippen LogP contribution in [0.4, 0.5) is 10.2 Å². The van der Waals surface area contributed by atoms with E-state index in [9.17, 15) is 4.39 Å². The Bertz CT molecular complexity index is 533. The quantitative estimate of drug-likeness (QED) is 0.946. The van der Waals surface area contributed by atoms with Crippen molar-refractivity contribution in [2.45, 2.75) is 13.5 Å². The van der Waals surface area contributed by atoms with E-state index in [4.69, 9.17) is 0 Å². The first-order chi connectivity index (χ1) is 8.15. The molecule has 0 aliphatic rings. The first-order valence-electron chi connectivity index (χ1n) is 4.98. The summed E-state index contributed by atoms with van der Waals surface area (Å²) in [5, 5.41) is 2.89. The van der Waals surface area contributed by atoms with Crippen molar-refractivity contribution in [3.63, 3.8) is 0 Å². The second-order valence-electron chi connectivity index (χ2n) is 3.43. The van der Waals surface area contributed by atoms with Crippen molar-refractivity contribution in [3.05, 3.63) is 46.3 Å². The van der Waals surface area contributed by atoms with E-state index in [1.54, 1.807) is 12.3 Å². The highest BCUT2D eigenvalue weighted by molar-refractivity contribution is 9.10. The fourth-order valence-electron chi connectivity index (χ4n) is 1.32. The van der Waals surface area contributed by atoms with Crippen LogP contribution in [0.15, 0.2) is 29.0 Å². The summed E-state index contributed by atoms with van der Waals surface area (Å²) in [6, 6.07) is 3.14. The third kappa shape index (κ3) is 3.20. The molecule has 2 aromatic rings. The molecule has 88 valence electrons. The van der Waals surface area contributed by atoms with Crippen molar-refractivity contribution in [3.8, 4) is 0 Å². The average molecular weight is 297 g/mol. The Balaban J connectivity index is 2.07. The van der Waals surface area contributed by atoms with Gasteiger partial charge in [-0.3, -0.25) is 0 Å². The van der Waals surface area contributed by atoms with Crippen LogP contribution in [-0.4, -0.2) is 15.0 Å². The Morgan fingerprint density at radius 1 is 1.41 bits per heavy atom. The van der Waals surface area contributed by atoms with Gasteiger partial charge in [-0.25, -0.2) is 19.3 Å². The fraction of sp³-hybridized carbons (Fsp3) is 0.182. The minimum Gasteiger partial charge on any atom is -0.362 e. The molecule has 0 aliphatic heterocycles. The maximum atomic E-state index is 13.4. The lowest BCUT2D eigenvalue weighted by atomic mass is 10.3. The van der Waals surface area contributed by atoms with E-state index >= 15 is 0 Å². The third-order valence-corrected chi connectivity index (χ3v) is 2.51. The van der Waals surface area contributed by atoms with Crippen LogP contribution in [0.2, 0.25) is 0 Å². The van der Waals surface area contributed by atoms with Crippen molar-refractivity contribution in [2.75, 3.05) is 5.32 Å². The van der Waals surface area contributed by atoms with Gasteiger partial charge in [-0.15, -0.1) is 0 Å². The van der Waals surface area contributed by atoms with Gasteiger partial charge < -0.3 is 5.32 Å². The summed E-state index contributed by atoms with van der Waals surface area (Å²) in [6.07, 6.45) is 3.21. The van der Waals surface area contributed by atoms with E-state index in [2.05, 4.69) is 36.2 Å². The Kier molecular flexibility index (Phi) is 3.63. The molecule has 0 bridgehead atoms. The van der Waals surface area contributed by atoms with Crippen LogP contribution in [-0.2, 0) is 6.54 Å². The van der Waals surface area contributed by atoms with Crippen molar-refractivity contribution in [1.82, 2.24) is 15.0 Å². The lowest BCUT2D eigenvalue weighted by Gasteiger charge is -2.06. The van der Waals surface area contributed by atoms with E-state index in [-0.39, 0.29) is 5.82 Å². The Labute approximate surface area is 106 Å². The highest BCUT2D eigenvalue weighted by Gasteiger charge is 2.04. The molecule has 0 saturated carbocycles. The monoisotopic (exact) mass is 296 g/mol. The van der Waals surface area contributed by atoms with Gasteiger partial charge in [0.2, 0.25) is 0 Å². The third-order valence-electron chi connectivity index (χ3n) is 2.08. The molecule has 6 heteroatoms. The molecule has 0 aliphatic carbocycles. The molecule has 0 atom stereocenters. The summed E-state index contributed by atoms with van der Waals surface area (Å²) in [5.41, 5.74) is 0.793. The van der Waals surface area contributed by atoms with Gasteiger partial charge in [0.05, 0.1) is 12.2 Å². The van der Waals surface area contributed by atoms with Gasteiger partial charge in [-0.1, -0.05) is 0 Å². The molecular formula is C11H10BrFN4. The van der Waals surface area contributed by atoms with Crippen LogP contribution in [0.5, 0.6) is 0 Å². The summed E-state index contributed by atoms with van der Waals surface area (Å²) in [7, 11) is 0. The summed E-state index contributed by atoms with van der Waals surface area (Å²) in [6.45, 7) is 2.22. The van der Waals surface area contributed by atoms with Crippen LogP contribution >= 0.6 is 15.9 Å². The highest BCUT2D eigenvalue weighted by atomic mass is 79.9. The summed E-state index contributed by atoms with van der Waals surface area (Å²) >= 11 is 3.15. The molecule has 2 heterocycles. The van der Waals surface area contributed by atoms with E-state index in [0.717, 1.165) is 5.69 Å². The van der Waals surface area contributed by atoms with E-state index in [1.807, 2.05) is 6.92 Å². The second kappa shape index (κ2) is 5.18. The molecule has 0 aromatic carbocycles. The zero-order valence-electron chi connectivity index (χ0n) is 9.11. The first-order valence-corrected chi connectivity index (χ1v) is 5.78. The molecule has 2 rings (SSSR count). The Morgan fingerprint density at radius 2 is 2.24 bits per heavy atom. The van der Waals surface area contributed by atoms with Gasteiger partial charge in [-0.05, 0) is 35.0 Å². The zero-order valence-corrected chi connectivity index (χ0v) is 10.7. The normalized spacial score (nSPS) is 10.3.